The molecule has 0 radical (unpaired) electrons. The number of carbonyl (C=O) groups excluding carboxylic acids is 1. The van der Waals surface area contributed by atoms with E-state index in [2.05, 4.69) is 139 Å². The molecule has 2 nitrogen and oxygen atoms in total. The molecular formula is C35H31NOSn. The van der Waals surface area contributed by atoms with Crippen LogP contribution in [0.2, 0.25) is 0 Å². The fourth-order valence-electron chi connectivity index (χ4n) is 6.00. The first-order chi connectivity index (χ1) is 18.7. The van der Waals surface area contributed by atoms with Crippen LogP contribution in [0.25, 0.3) is 11.1 Å². The third-order valence-corrected chi connectivity index (χ3v) is 21.5. The summed E-state index contributed by atoms with van der Waals surface area (Å²) in [6.07, 6.45) is 0. The molecule has 0 unspecified atom stereocenters. The van der Waals surface area contributed by atoms with Crippen LogP contribution >= 0.6 is 0 Å². The quantitative estimate of drug-likeness (QED) is 0.200. The Morgan fingerprint density at radius 2 is 1.00 bits per heavy atom. The van der Waals surface area contributed by atoms with Gasteiger partial charge in [0.1, 0.15) is 0 Å². The molecule has 0 saturated heterocycles. The molecule has 3 heteroatoms. The van der Waals surface area contributed by atoms with Crippen LogP contribution < -0.4 is 8.90 Å². The number of carbonyl (C=O) groups is 1. The summed E-state index contributed by atoms with van der Waals surface area (Å²) in [5.74, 6) is 0.0557. The molecule has 1 N–H and O–H groups in total. The van der Waals surface area contributed by atoms with Gasteiger partial charge in [0.25, 0.3) is 0 Å². The van der Waals surface area contributed by atoms with Crippen LogP contribution in [0.3, 0.4) is 0 Å². The van der Waals surface area contributed by atoms with Crippen molar-refractivity contribution >= 4 is 27.9 Å². The van der Waals surface area contributed by atoms with E-state index in [1.807, 2.05) is 0 Å². The van der Waals surface area contributed by atoms with Gasteiger partial charge in [-0.3, -0.25) is 0 Å². The summed E-state index contributed by atoms with van der Waals surface area (Å²) in [5, 5.41) is 3.08. The second-order valence-electron chi connectivity index (χ2n) is 10.4. The number of amides is 1. The molecule has 186 valence electrons. The fraction of sp³-hybridized carbons (Fsp3) is 0.114. The van der Waals surface area contributed by atoms with E-state index in [4.69, 9.17) is 0 Å². The summed E-state index contributed by atoms with van der Waals surface area (Å²) in [5.41, 5.74) is 8.67. The van der Waals surface area contributed by atoms with Crippen LogP contribution in [-0.2, 0) is 19.9 Å². The normalized spacial score (nSPS) is 12.7. The van der Waals surface area contributed by atoms with Gasteiger partial charge in [0.15, 0.2) is 0 Å². The molecule has 0 aliphatic carbocycles. The molecule has 0 fully saturated rings. The van der Waals surface area contributed by atoms with Crippen molar-refractivity contribution in [3.8, 4) is 11.1 Å². The van der Waals surface area contributed by atoms with Crippen LogP contribution in [0.1, 0.15) is 32.6 Å². The molecule has 38 heavy (non-hydrogen) atoms. The molecule has 6 rings (SSSR count). The second-order valence-corrected chi connectivity index (χ2v) is 22.2. The third-order valence-electron chi connectivity index (χ3n) is 7.74. The van der Waals surface area contributed by atoms with E-state index in [9.17, 15) is 4.79 Å². The van der Waals surface area contributed by atoms with Crippen molar-refractivity contribution in [2.45, 2.75) is 19.9 Å². The number of nitrogens with one attached hydrogen (secondary N) is 1. The molecule has 0 saturated carbocycles. The zero-order valence-electron chi connectivity index (χ0n) is 21.4. The Hall–Kier alpha value is -3.63. The minimum atomic E-state index is -3.44. The van der Waals surface area contributed by atoms with Gasteiger partial charge in [-0.1, -0.05) is 0 Å². The Kier molecular flexibility index (Phi) is 7.15. The Morgan fingerprint density at radius 1 is 0.553 bits per heavy atom. The third kappa shape index (κ3) is 5.19. The van der Waals surface area contributed by atoms with Gasteiger partial charge in [-0.05, 0) is 0 Å². The van der Waals surface area contributed by atoms with Gasteiger partial charge < -0.3 is 0 Å². The molecule has 1 amide bonds. The van der Waals surface area contributed by atoms with Crippen LogP contribution in [0.5, 0.6) is 0 Å². The summed E-state index contributed by atoms with van der Waals surface area (Å²) < 4.78 is 4.65. The molecule has 5 aromatic carbocycles. The molecule has 5 aromatic rings. The van der Waals surface area contributed by atoms with Crippen molar-refractivity contribution in [1.29, 1.82) is 0 Å². The van der Waals surface area contributed by atoms with Crippen molar-refractivity contribution < 1.29 is 4.79 Å². The summed E-state index contributed by atoms with van der Waals surface area (Å²) in [6, 6.07) is 48.3. The van der Waals surface area contributed by atoms with E-state index in [1.54, 1.807) is 0 Å². The van der Waals surface area contributed by atoms with Crippen LogP contribution in [0.4, 0.5) is 0 Å². The zero-order valence-corrected chi connectivity index (χ0v) is 24.3. The standard InChI is InChI=1S/C14H10NO.3C7H7.Sn/c16-14-13-7-6-11(8-12(13)9-15-14)10-4-2-1-3-5-10;3*1-7-5-3-2-4-6-7;/h1-5,7-8H,9H2,(H,15,16);3*2-6H,1H2;. The van der Waals surface area contributed by atoms with Crippen molar-refractivity contribution in [3.63, 3.8) is 0 Å². The first-order valence-electron chi connectivity index (χ1n) is 13.3. The Morgan fingerprint density at radius 3 is 1.47 bits per heavy atom. The van der Waals surface area contributed by atoms with E-state index in [0.717, 1.165) is 24.4 Å². The van der Waals surface area contributed by atoms with Gasteiger partial charge in [0.2, 0.25) is 0 Å². The minimum absolute atomic E-state index is 0.0557. The monoisotopic (exact) mass is 601 g/mol. The van der Waals surface area contributed by atoms with Crippen molar-refractivity contribution in [2.24, 2.45) is 0 Å². The van der Waals surface area contributed by atoms with E-state index in [0.29, 0.717) is 6.54 Å². The molecule has 1 aliphatic heterocycles. The van der Waals surface area contributed by atoms with E-state index >= 15 is 0 Å². The number of fused-ring (bicyclic) bond motifs is 1. The predicted molar refractivity (Wildman–Crippen MR) is 159 cm³/mol. The average Bonchev–Trinajstić information content (AvgIpc) is 3.34. The predicted octanol–water partition coefficient (Wildman–Crippen LogP) is 6.60. The van der Waals surface area contributed by atoms with Gasteiger partial charge in [-0.25, -0.2) is 0 Å². The van der Waals surface area contributed by atoms with Gasteiger partial charge in [0.05, 0.1) is 0 Å². The topological polar surface area (TPSA) is 29.1 Å². The molecular weight excluding hydrogens is 569 g/mol. The Bertz CT molecular complexity index is 1430. The summed E-state index contributed by atoms with van der Waals surface area (Å²) in [6.45, 7) is 0.604. The second kappa shape index (κ2) is 11.0. The van der Waals surface area contributed by atoms with E-state index in [1.165, 1.54) is 31.4 Å². The number of benzene rings is 5. The molecule has 0 bridgehead atoms. The molecule has 1 aliphatic rings. The maximum absolute atomic E-state index is 13.0. The van der Waals surface area contributed by atoms with Gasteiger partial charge >= 0.3 is 230 Å². The number of hydrogen-bond donors (Lipinski definition) is 1. The Balaban J connectivity index is 1.63. The van der Waals surface area contributed by atoms with Crippen molar-refractivity contribution in [1.82, 2.24) is 5.32 Å². The average molecular weight is 600 g/mol. The summed E-state index contributed by atoms with van der Waals surface area (Å²) in [7, 11) is 0. The zero-order chi connectivity index (χ0) is 25.8. The van der Waals surface area contributed by atoms with Crippen molar-refractivity contribution in [2.75, 3.05) is 0 Å². The van der Waals surface area contributed by atoms with E-state index in [-0.39, 0.29) is 5.91 Å². The van der Waals surface area contributed by atoms with Crippen LogP contribution in [-0.4, -0.2) is 24.3 Å². The van der Waals surface area contributed by atoms with Gasteiger partial charge in [-0.15, -0.1) is 0 Å². The van der Waals surface area contributed by atoms with Crippen LogP contribution in [0, 0.1) is 0 Å². The molecule has 0 atom stereocenters. The SMILES string of the molecule is O=C1NCc2cc(-c3ccccc3)[c]([Sn]([CH2]c3ccccc3)([CH2]c3ccccc3)[CH2]c3ccccc3)cc21. The van der Waals surface area contributed by atoms with Crippen LogP contribution in [0.15, 0.2) is 133 Å². The van der Waals surface area contributed by atoms with Crippen molar-refractivity contribution in [3.05, 3.63) is 161 Å². The summed E-state index contributed by atoms with van der Waals surface area (Å²) in [4.78, 5) is 13.0. The molecule has 0 spiro atoms. The first-order valence-corrected chi connectivity index (χ1v) is 20.8. The first kappa shape index (κ1) is 24.7. The van der Waals surface area contributed by atoms with Gasteiger partial charge in [0, 0.05) is 0 Å². The fourth-order valence-corrected chi connectivity index (χ4v) is 20.9. The van der Waals surface area contributed by atoms with Gasteiger partial charge in [-0.2, -0.15) is 0 Å². The Labute approximate surface area is 229 Å². The number of hydrogen-bond acceptors (Lipinski definition) is 1. The van der Waals surface area contributed by atoms with E-state index < -0.39 is 18.4 Å². The molecule has 0 aromatic heterocycles. The summed E-state index contributed by atoms with van der Waals surface area (Å²) >= 11 is -3.44. The number of rotatable bonds is 8. The molecule has 1 heterocycles. The maximum atomic E-state index is 13.0.